The molecule has 2 aliphatic rings. The van der Waals surface area contributed by atoms with Crippen molar-refractivity contribution in [1.29, 1.82) is 0 Å². The minimum atomic E-state index is -4.00. The van der Waals surface area contributed by atoms with Gasteiger partial charge in [0.05, 0.1) is 30.3 Å². The van der Waals surface area contributed by atoms with E-state index in [2.05, 4.69) is 44.3 Å². The predicted octanol–water partition coefficient (Wildman–Crippen LogP) is 5.32. The monoisotopic (exact) mass is 548 g/mol. The van der Waals surface area contributed by atoms with Gasteiger partial charge in [0.15, 0.2) is 6.10 Å². The molecular weight excluding hydrogens is 512 g/mol. The Morgan fingerprint density at radius 3 is 2.44 bits per heavy atom. The van der Waals surface area contributed by atoms with Gasteiger partial charge in [-0.1, -0.05) is 45.0 Å². The third-order valence-electron chi connectivity index (χ3n) is 7.62. The van der Waals surface area contributed by atoms with Gasteiger partial charge in [0, 0.05) is 0 Å². The lowest BCUT2D eigenvalue weighted by Crippen LogP contribution is -2.51. The first-order valence-electron chi connectivity index (χ1n) is 13.4. The van der Waals surface area contributed by atoms with Crippen LogP contribution in [-0.4, -0.2) is 34.1 Å². The van der Waals surface area contributed by atoms with E-state index in [1.165, 1.54) is 34.7 Å². The SMILES string of the molecule is COc1ccc(S(=O)(=O)N2C[C@H](C(=O)N[C@H](C)c3ccc4c(c3)CCC4)Oc3ccc(C(C)(C)C)cc32)cc1. The number of aryl methyl sites for hydroxylation is 2. The summed E-state index contributed by atoms with van der Waals surface area (Å²) in [5.74, 6) is 0.560. The van der Waals surface area contributed by atoms with Gasteiger partial charge in [-0.25, -0.2) is 8.42 Å². The summed E-state index contributed by atoms with van der Waals surface area (Å²) < 4.78 is 40.5. The van der Waals surface area contributed by atoms with Crippen LogP contribution in [0.25, 0.3) is 0 Å². The number of carbonyl (C=O) groups excluding carboxylic acids is 1. The molecule has 0 fully saturated rings. The van der Waals surface area contributed by atoms with Gasteiger partial charge in [-0.15, -0.1) is 0 Å². The predicted molar refractivity (Wildman–Crippen MR) is 152 cm³/mol. The Morgan fingerprint density at radius 2 is 1.74 bits per heavy atom. The minimum Gasteiger partial charge on any atom is -0.497 e. The number of nitrogens with one attached hydrogen (secondary N) is 1. The number of fused-ring (bicyclic) bond motifs is 2. The highest BCUT2D eigenvalue weighted by molar-refractivity contribution is 7.92. The molecule has 2 atom stereocenters. The molecule has 5 rings (SSSR count). The Hall–Kier alpha value is -3.52. The van der Waals surface area contributed by atoms with E-state index < -0.39 is 16.1 Å². The molecule has 0 radical (unpaired) electrons. The first-order chi connectivity index (χ1) is 18.5. The van der Waals surface area contributed by atoms with E-state index in [0.29, 0.717) is 17.2 Å². The normalized spacial score (nSPS) is 17.6. The number of amides is 1. The molecule has 8 heteroatoms. The highest BCUT2D eigenvalue weighted by Gasteiger charge is 2.38. The molecule has 0 unspecified atom stereocenters. The topological polar surface area (TPSA) is 84.9 Å². The van der Waals surface area contributed by atoms with Crippen molar-refractivity contribution in [2.75, 3.05) is 18.0 Å². The standard InChI is InChI=1S/C31H36N2O5S/c1-20(22-10-9-21-7-6-8-23(21)17-22)32-30(34)29-19-33(39(35,36)26-14-12-25(37-5)13-15-26)27-18-24(31(2,3)4)11-16-28(27)38-29/h9-18,20,29H,6-8,19H2,1-5H3,(H,32,34)/t20-,29-/m1/s1. The lowest BCUT2D eigenvalue weighted by atomic mass is 9.86. The van der Waals surface area contributed by atoms with Crippen LogP contribution in [0.5, 0.6) is 11.5 Å². The molecule has 1 aliphatic heterocycles. The number of methoxy groups -OCH3 is 1. The first kappa shape index (κ1) is 27.1. The maximum atomic E-state index is 13.9. The summed E-state index contributed by atoms with van der Waals surface area (Å²) in [6.07, 6.45) is 2.30. The summed E-state index contributed by atoms with van der Waals surface area (Å²) in [5, 5.41) is 3.05. The zero-order valence-electron chi connectivity index (χ0n) is 23.2. The molecule has 0 aromatic heterocycles. The Bertz CT molecular complexity index is 1490. The Morgan fingerprint density at radius 1 is 1.03 bits per heavy atom. The fraction of sp³-hybridized carbons (Fsp3) is 0.387. The van der Waals surface area contributed by atoms with Crippen molar-refractivity contribution in [1.82, 2.24) is 5.32 Å². The van der Waals surface area contributed by atoms with Gasteiger partial charge in [-0.2, -0.15) is 0 Å². The fourth-order valence-electron chi connectivity index (χ4n) is 5.21. The second kappa shape index (κ2) is 10.2. The van der Waals surface area contributed by atoms with Crippen molar-refractivity contribution in [2.45, 2.75) is 69.4 Å². The minimum absolute atomic E-state index is 0.114. The molecule has 3 aromatic carbocycles. The summed E-state index contributed by atoms with van der Waals surface area (Å²) >= 11 is 0. The van der Waals surface area contributed by atoms with Crippen LogP contribution in [0.1, 0.15) is 62.4 Å². The second-order valence-corrected chi connectivity index (χ2v) is 13.2. The van der Waals surface area contributed by atoms with Crippen LogP contribution in [0.3, 0.4) is 0 Å². The average Bonchev–Trinajstić information content (AvgIpc) is 3.39. The molecule has 7 nitrogen and oxygen atoms in total. The van der Waals surface area contributed by atoms with E-state index >= 15 is 0 Å². The highest BCUT2D eigenvalue weighted by atomic mass is 32.2. The van der Waals surface area contributed by atoms with Crippen LogP contribution in [0.15, 0.2) is 65.6 Å². The van der Waals surface area contributed by atoms with Gasteiger partial charge in [-0.3, -0.25) is 9.10 Å². The van der Waals surface area contributed by atoms with Crippen LogP contribution >= 0.6 is 0 Å². The lowest BCUT2D eigenvalue weighted by molar-refractivity contribution is -0.128. The van der Waals surface area contributed by atoms with Crippen molar-refractivity contribution in [2.24, 2.45) is 0 Å². The third-order valence-corrected chi connectivity index (χ3v) is 9.41. The van der Waals surface area contributed by atoms with Crippen molar-refractivity contribution < 1.29 is 22.7 Å². The van der Waals surface area contributed by atoms with Crippen molar-refractivity contribution in [3.63, 3.8) is 0 Å². The number of nitrogens with zero attached hydrogens (tertiary/aromatic N) is 1. The molecule has 0 saturated carbocycles. The first-order valence-corrected chi connectivity index (χ1v) is 14.8. The number of anilines is 1. The van der Waals surface area contributed by atoms with Gasteiger partial charge >= 0.3 is 0 Å². The lowest BCUT2D eigenvalue weighted by Gasteiger charge is -2.36. The number of carbonyl (C=O) groups is 1. The van der Waals surface area contributed by atoms with E-state index in [4.69, 9.17) is 9.47 Å². The summed E-state index contributed by atoms with van der Waals surface area (Å²) in [5.41, 5.74) is 4.92. The molecule has 206 valence electrons. The zero-order chi connectivity index (χ0) is 27.9. The number of rotatable bonds is 6. The van der Waals surface area contributed by atoms with Crippen molar-refractivity contribution >= 4 is 21.6 Å². The van der Waals surface area contributed by atoms with Crippen LogP contribution in [-0.2, 0) is 33.1 Å². The molecule has 1 amide bonds. The maximum absolute atomic E-state index is 13.9. The zero-order valence-corrected chi connectivity index (χ0v) is 24.0. The van der Waals surface area contributed by atoms with Gasteiger partial charge < -0.3 is 14.8 Å². The Labute approximate surface area is 231 Å². The molecule has 39 heavy (non-hydrogen) atoms. The third kappa shape index (κ3) is 5.35. The molecule has 0 saturated heterocycles. The fourth-order valence-corrected chi connectivity index (χ4v) is 6.68. The van der Waals surface area contributed by atoms with Crippen molar-refractivity contribution in [3.8, 4) is 11.5 Å². The summed E-state index contributed by atoms with van der Waals surface area (Å²) in [6, 6.07) is 17.9. The Kier molecular flexibility index (Phi) is 7.10. The van der Waals surface area contributed by atoms with Gasteiger partial charge in [0.1, 0.15) is 11.5 Å². The van der Waals surface area contributed by atoms with Gasteiger partial charge in [-0.05, 0) is 90.3 Å². The molecule has 1 N–H and O–H groups in total. The van der Waals surface area contributed by atoms with E-state index in [-0.39, 0.29) is 28.8 Å². The molecule has 0 spiro atoms. The van der Waals surface area contributed by atoms with E-state index in [9.17, 15) is 13.2 Å². The van der Waals surface area contributed by atoms with E-state index in [0.717, 1.165) is 30.4 Å². The molecule has 3 aromatic rings. The second-order valence-electron chi connectivity index (χ2n) is 11.4. The molecule has 1 heterocycles. The number of ether oxygens (including phenoxy) is 2. The Balaban J connectivity index is 1.46. The number of hydrogen-bond acceptors (Lipinski definition) is 5. The summed E-state index contributed by atoms with van der Waals surface area (Å²) in [6.45, 7) is 8.00. The number of benzene rings is 3. The van der Waals surface area contributed by atoms with Gasteiger partial charge in [0.25, 0.3) is 15.9 Å². The average molecular weight is 549 g/mol. The molecule has 1 aliphatic carbocycles. The molecule has 0 bridgehead atoms. The number of hydrogen-bond donors (Lipinski definition) is 1. The number of sulfonamides is 1. The van der Waals surface area contributed by atoms with Crippen LogP contribution in [0, 0.1) is 0 Å². The van der Waals surface area contributed by atoms with Crippen LogP contribution in [0.2, 0.25) is 0 Å². The summed E-state index contributed by atoms with van der Waals surface area (Å²) in [4.78, 5) is 13.6. The van der Waals surface area contributed by atoms with Gasteiger partial charge in [0.2, 0.25) is 0 Å². The van der Waals surface area contributed by atoms with E-state index in [1.807, 2.05) is 19.1 Å². The van der Waals surface area contributed by atoms with Crippen LogP contribution < -0.4 is 19.1 Å². The maximum Gasteiger partial charge on any atom is 0.264 e. The smallest absolute Gasteiger partial charge is 0.264 e. The van der Waals surface area contributed by atoms with Crippen molar-refractivity contribution in [3.05, 3.63) is 82.9 Å². The summed E-state index contributed by atoms with van der Waals surface area (Å²) in [7, 11) is -2.47. The highest BCUT2D eigenvalue weighted by Crippen LogP contribution is 2.40. The quantitative estimate of drug-likeness (QED) is 0.451. The van der Waals surface area contributed by atoms with E-state index in [1.54, 1.807) is 18.2 Å². The largest absolute Gasteiger partial charge is 0.497 e. The molecular formula is C31H36N2O5S. The van der Waals surface area contributed by atoms with Crippen LogP contribution in [0.4, 0.5) is 5.69 Å².